The van der Waals surface area contributed by atoms with Crippen molar-refractivity contribution < 1.29 is 4.79 Å². The minimum Gasteiger partial charge on any atom is -0.352 e. The number of amides is 1. The Balaban J connectivity index is 1.27. The lowest BCUT2D eigenvalue weighted by atomic mass is 9.87. The SMILES string of the molecule is Cc1cc(C)cc(CNC(=O)[C@@H]2C[C@H](CN3CCN(C)CC3)CN(Cc3ccc4ccccc4c3)C2)c1. The molecule has 5 heteroatoms. The molecule has 3 aromatic carbocycles. The standard InChI is InChI=1S/C32H42N4O/c1-24-14-25(2)16-27(15-24)19-33-32(37)31-18-28(21-35-12-10-34(3)11-13-35)22-36(23-31)20-26-8-9-29-6-4-5-7-30(29)17-26/h4-9,14-17,28,31H,10-13,18-23H2,1-3H3,(H,33,37)/t28-,31-/m1/s1. The van der Waals surface area contributed by atoms with E-state index in [2.05, 4.69) is 102 Å². The summed E-state index contributed by atoms with van der Waals surface area (Å²) in [5.74, 6) is 0.734. The van der Waals surface area contributed by atoms with Crippen molar-refractivity contribution >= 4 is 16.7 Å². The van der Waals surface area contributed by atoms with Gasteiger partial charge in [-0.2, -0.15) is 0 Å². The Morgan fingerprint density at radius 3 is 2.32 bits per heavy atom. The topological polar surface area (TPSA) is 38.8 Å². The molecule has 0 radical (unpaired) electrons. The first-order valence-corrected chi connectivity index (χ1v) is 13.9. The third kappa shape index (κ3) is 6.98. The molecule has 2 heterocycles. The number of nitrogens with zero attached hydrogens (tertiary/aromatic N) is 3. The van der Waals surface area contributed by atoms with Crippen LogP contribution in [0.3, 0.4) is 0 Å². The van der Waals surface area contributed by atoms with Crippen LogP contribution in [0.25, 0.3) is 10.8 Å². The molecule has 196 valence electrons. The molecule has 0 unspecified atom stereocenters. The second kappa shape index (κ2) is 11.8. The highest BCUT2D eigenvalue weighted by Gasteiger charge is 2.33. The summed E-state index contributed by atoms with van der Waals surface area (Å²) in [7, 11) is 2.21. The molecule has 37 heavy (non-hydrogen) atoms. The van der Waals surface area contributed by atoms with Crippen LogP contribution in [0.5, 0.6) is 0 Å². The number of benzene rings is 3. The van der Waals surface area contributed by atoms with Gasteiger partial charge in [-0.15, -0.1) is 0 Å². The lowest BCUT2D eigenvalue weighted by molar-refractivity contribution is -0.128. The van der Waals surface area contributed by atoms with Gasteiger partial charge in [-0.3, -0.25) is 9.69 Å². The number of fused-ring (bicyclic) bond motifs is 1. The second-order valence-corrected chi connectivity index (χ2v) is 11.5. The molecule has 0 bridgehead atoms. The van der Waals surface area contributed by atoms with Crippen LogP contribution in [-0.4, -0.2) is 73.5 Å². The van der Waals surface area contributed by atoms with E-state index in [0.717, 1.165) is 58.8 Å². The van der Waals surface area contributed by atoms with Crippen LogP contribution in [0.15, 0.2) is 60.7 Å². The zero-order chi connectivity index (χ0) is 25.8. The number of hydrogen-bond acceptors (Lipinski definition) is 4. The zero-order valence-electron chi connectivity index (χ0n) is 22.7. The molecule has 1 amide bonds. The number of nitrogens with one attached hydrogen (secondary N) is 1. The molecule has 2 saturated heterocycles. The molecule has 2 fully saturated rings. The van der Waals surface area contributed by atoms with Gasteiger partial charge in [-0.05, 0) is 61.2 Å². The average Bonchev–Trinajstić information content (AvgIpc) is 2.88. The van der Waals surface area contributed by atoms with Gasteiger partial charge in [0.2, 0.25) is 5.91 Å². The fraction of sp³-hybridized carbons (Fsp3) is 0.469. The molecular formula is C32H42N4O. The van der Waals surface area contributed by atoms with Crippen molar-refractivity contribution in [3.05, 3.63) is 82.9 Å². The average molecular weight is 499 g/mol. The molecule has 1 N–H and O–H groups in total. The molecule has 2 atom stereocenters. The number of likely N-dealkylation sites (N-methyl/N-ethyl adjacent to an activating group) is 1. The number of piperazine rings is 1. The number of hydrogen-bond donors (Lipinski definition) is 1. The van der Waals surface area contributed by atoms with Gasteiger partial charge in [-0.25, -0.2) is 0 Å². The fourth-order valence-electron chi connectivity index (χ4n) is 6.25. The lowest BCUT2D eigenvalue weighted by Gasteiger charge is -2.41. The van der Waals surface area contributed by atoms with Gasteiger partial charge >= 0.3 is 0 Å². The van der Waals surface area contributed by atoms with Crippen molar-refractivity contribution in [1.82, 2.24) is 20.0 Å². The van der Waals surface area contributed by atoms with Crippen molar-refractivity contribution in [1.29, 1.82) is 0 Å². The van der Waals surface area contributed by atoms with E-state index in [1.807, 2.05) is 0 Å². The third-order valence-corrected chi connectivity index (χ3v) is 8.06. The van der Waals surface area contributed by atoms with Crippen LogP contribution < -0.4 is 5.32 Å². The van der Waals surface area contributed by atoms with E-state index in [0.29, 0.717) is 12.5 Å². The molecule has 5 rings (SSSR count). The molecule has 5 nitrogen and oxygen atoms in total. The second-order valence-electron chi connectivity index (χ2n) is 11.5. The summed E-state index contributed by atoms with van der Waals surface area (Å²) in [4.78, 5) is 21.0. The molecule has 2 aliphatic heterocycles. The number of likely N-dealkylation sites (tertiary alicyclic amines) is 1. The van der Waals surface area contributed by atoms with E-state index in [1.165, 1.54) is 33.0 Å². The number of rotatable bonds is 7. The largest absolute Gasteiger partial charge is 0.352 e. The molecule has 0 aromatic heterocycles. The van der Waals surface area contributed by atoms with Crippen molar-refractivity contribution in [2.45, 2.75) is 33.4 Å². The number of carbonyl (C=O) groups is 1. The van der Waals surface area contributed by atoms with Crippen LogP contribution in [0.2, 0.25) is 0 Å². The Morgan fingerprint density at radius 1 is 0.838 bits per heavy atom. The Morgan fingerprint density at radius 2 is 1.57 bits per heavy atom. The van der Waals surface area contributed by atoms with Crippen molar-refractivity contribution in [2.24, 2.45) is 11.8 Å². The Bertz CT molecular complexity index is 1200. The summed E-state index contributed by atoms with van der Waals surface area (Å²) in [6.07, 6.45) is 0.971. The van der Waals surface area contributed by atoms with Gasteiger partial charge in [0.15, 0.2) is 0 Å². The van der Waals surface area contributed by atoms with E-state index in [1.54, 1.807) is 0 Å². The normalized spacial score (nSPS) is 21.8. The molecule has 2 aliphatic rings. The van der Waals surface area contributed by atoms with Crippen LogP contribution in [0.4, 0.5) is 0 Å². The summed E-state index contributed by atoms with van der Waals surface area (Å²) >= 11 is 0. The predicted octanol–water partition coefficient (Wildman–Crippen LogP) is 4.46. The van der Waals surface area contributed by atoms with Gasteiger partial charge < -0.3 is 15.1 Å². The predicted molar refractivity (Wildman–Crippen MR) is 153 cm³/mol. The maximum Gasteiger partial charge on any atom is 0.224 e. The van der Waals surface area contributed by atoms with Crippen molar-refractivity contribution in [2.75, 3.05) is 52.9 Å². The summed E-state index contributed by atoms with van der Waals surface area (Å²) in [5.41, 5.74) is 5.00. The monoisotopic (exact) mass is 498 g/mol. The van der Waals surface area contributed by atoms with Crippen molar-refractivity contribution in [3.8, 4) is 0 Å². The number of carbonyl (C=O) groups excluding carboxylic acids is 1. The maximum absolute atomic E-state index is 13.4. The minimum absolute atomic E-state index is 0.0255. The first kappa shape index (κ1) is 25.9. The minimum atomic E-state index is 0.0255. The number of piperidine rings is 1. The van der Waals surface area contributed by atoms with E-state index in [9.17, 15) is 4.79 Å². The summed E-state index contributed by atoms with van der Waals surface area (Å²) < 4.78 is 0. The van der Waals surface area contributed by atoms with Gasteiger partial charge in [-0.1, -0.05) is 65.7 Å². The van der Waals surface area contributed by atoms with Crippen LogP contribution in [0, 0.1) is 25.7 Å². The Labute approximate surface area is 222 Å². The van der Waals surface area contributed by atoms with Crippen LogP contribution in [-0.2, 0) is 17.9 Å². The van der Waals surface area contributed by atoms with Crippen LogP contribution in [0.1, 0.15) is 28.7 Å². The maximum atomic E-state index is 13.4. The molecular weight excluding hydrogens is 456 g/mol. The highest BCUT2D eigenvalue weighted by molar-refractivity contribution is 5.83. The van der Waals surface area contributed by atoms with Crippen LogP contribution >= 0.6 is 0 Å². The third-order valence-electron chi connectivity index (χ3n) is 8.06. The van der Waals surface area contributed by atoms with E-state index in [-0.39, 0.29) is 11.8 Å². The molecule has 0 spiro atoms. The van der Waals surface area contributed by atoms with Gasteiger partial charge in [0, 0.05) is 58.9 Å². The Kier molecular flexibility index (Phi) is 8.23. The number of aryl methyl sites for hydroxylation is 2. The summed E-state index contributed by atoms with van der Waals surface area (Å²) in [6, 6.07) is 21.9. The van der Waals surface area contributed by atoms with Gasteiger partial charge in [0.1, 0.15) is 0 Å². The highest BCUT2D eigenvalue weighted by Crippen LogP contribution is 2.26. The Hall–Kier alpha value is -2.73. The molecule has 3 aromatic rings. The fourth-order valence-corrected chi connectivity index (χ4v) is 6.25. The zero-order valence-corrected chi connectivity index (χ0v) is 22.7. The van der Waals surface area contributed by atoms with E-state index < -0.39 is 0 Å². The van der Waals surface area contributed by atoms with E-state index >= 15 is 0 Å². The van der Waals surface area contributed by atoms with E-state index in [4.69, 9.17) is 0 Å². The van der Waals surface area contributed by atoms with Gasteiger partial charge in [0.05, 0.1) is 5.92 Å². The quantitative estimate of drug-likeness (QED) is 0.522. The molecule has 0 saturated carbocycles. The first-order valence-electron chi connectivity index (χ1n) is 13.9. The smallest absolute Gasteiger partial charge is 0.224 e. The summed E-state index contributed by atoms with van der Waals surface area (Å²) in [5, 5.41) is 5.84. The highest BCUT2D eigenvalue weighted by atomic mass is 16.1. The lowest BCUT2D eigenvalue weighted by Crippen LogP contribution is -2.51. The van der Waals surface area contributed by atoms with Gasteiger partial charge in [0.25, 0.3) is 0 Å². The first-order chi connectivity index (χ1) is 17.9. The van der Waals surface area contributed by atoms with Crippen molar-refractivity contribution in [3.63, 3.8) is 0 Å². The summed E-state index contributed by atoms with van der Waals surface area (Å²) in [6.45, 7) is 13.2. The molecule has 0 aliphatic carbocycles.